The third-order valence-electron chi connectivity index (χ3n) is 4.45. The Kier molecular flexibility index (Phi) is 4.97. The number of thiocarbonyl (C=S) groups is 1. The minimum Gasteiger partial charge on any atom is -0.331 e. The predicted molar refractivity (Wildman–Crippen MR) is 106 cm³/mol. The van der Waals surface area contributed by atoms with Gasteiger partial charge >= 0.3 is 6.03 Å². The molecule has 0 saturated carbocycles. The van der Waals surface area contributed by atoms with E-state index in [1.54, 1.807) is 0 Å². The molecule has 1 atom stereocenters. The van der Waals surface area contributed by atoms with E-state index >= 15 is 0 Å². The fourth-order valence-corrected chi connectivity index (χ4v) is 3.02. The summed E-state index contributed by atoms with van der Waals surface area (Å²) in [5.74, 6) is -0.583. The minimum absolute atomic E-state index is 0.0748. The van der Waals surface area contributed by atoms with Crippen LogP contribution in [0.1, 0.15) is 18.1 Å². The van der Waals surface area contributed by atoms with Crippen molar-refractivity contribution >= 4 is 40.6 Å². The van der Waals surface area contributed by atoms with Crippen LogP contribution in [0.25, 0.3) is 0 Å². The normalized spacial score (nSPS) is 18.6. The monoisotopic (exact) mass is 399 g/mol. The van der Waals surface area contributed by atoms with Gasteiger partial charge in [0.05, 0.1) is 4.92 Å². The summed E-state index contributed by atoms with van der Waals surface area (Å²) >= 11 is 5.20. The molecule has 28 heavy (non-hydrogen) atoms. The summed E-state index contributed by atoms with van der Waals surface area (Å²) in [7, 11) is 0. The maximum Gasteiger partial charge on any atom is 0.344 e. The van der Waals surface area contributed by atoms with Crippen LogP contribution < -0.4 is 16.1 Å². The van der Waals surface area contributed by atoms with Crippen LogP contribution in [0.4, 0.5) is 16.2 Å². The van der Waals surface area contributed by atoms with Gasteiger partial charge in [-0.25, -0.2) is 4.79 Å². The fourth-order valence-electron chi connectivity index (χ4n) is 2.82. The Labute approximate surface area is 165 Å². The van der Waals surface area contributed by atoms with Gasteiger partial charge in [0, 0.05) is 17.8 Å². The topological polar surface area (TPSA) is 117 Å². The van der Waals surface area contributed by atoms with Crippen LogP contribution in [0.3, 0.4) is 0 Å². The zero-order valence-corrected chi connectivity index (χ0v) is 15.9. The van der Waals surface area contributed by atoms with Gasteiger partial charge in [-0.1, -0.05) is 18.2 Å². The number of nitro benzene ring substituents is 1. The molecule has 0 aromatic heterocycles. The maximum atomic E-state index is 12.9. The smallest absolute Gasteiger partial charge is 0.331 e. The van der Waals surface area contributed by atoms with Gasteiger partial charge in [-0.15, -0.1) is 0 Å². The highest BCUT2D eigenvalue weighted by molar-refractivity contribution is 7.80. The van der Waals surface area contributed by atoms with E-state index in [0.29, 0.717) is 5.56 Å². The van der Waals surface area contributed by atoms with Crippen LogP contribution >= 0.6 is 12.2 Å². The van der Waals surface area contributed by atoms with E-state index in [0.717, 1.165) is 16.3 Å². The van der Waals surface area contributed by atoms with Gasteiger partial charge in [0.2, 0.25) is 0 Å². The van der Waals surface area contributed by atoms with Crippen molar-refractivity contribution in [3.8, 4) is 0 Å². The van der Waals surface area contributed by atoms with E-state index in [4.69, 9.17) is 12.2 Å². The lowest BCUT2D eigenvalue weighted by Crippen LogP contribution is -2.49. The molecule has 0 aliphatic carbocycles. The van der Waals surface area contributed by atoms with Gasteiger partial charge in [-0.3, -0.25) is 20.3 Å². The van der Waals surface area contributed by atoms with Crippen LogP contribution in [0.15, 0.2) is 48.5 Å². The highest BCUT2D eigenvalue weighted by Crippen LogP contribution is 2.29. The maximum absolute atomic E-state index is 12.9. The number of benzene rings is 2. The van der Waals surface area contributed by atoms with E-state index in [1.807, 2.05) is 31.2 Å². The number of carbonyl (C=O) groups excluding carboxylic acids is 2. The molecular formula is C18H17N5O4S. The highest BCUT2D eigenvalue weighted by atomic mass is 32.1. The van der Waals surface area contributed by atoms with E-state index in [9.17, 15) is 19.7 Å². The molecule has 0 unspecified atom stereocenters. The number of anilines is 1. The van der Waals surface area contributed by atoms with Crippen LogP contribution in [0.2, 0.25) is 0 Å². The number of amides is 3. The molecule has 1 heterocycles. The first-order valence-electron chi connectivity index (χ1n) is 8.27. The lowest BCUT2D eigenvalue weighted by molar-refractivity contribution is -0.384. The van der Waals surface area contributed by atoms with E-state index in [2.05, 4.69) is 16.1 Å². The quantitative estimate of drug-likeness (QED) is 0.313. The molecule has 3 amide bonds. The second kappa shape index (κ2) is 7.24. The molecule has 9 nitrogen and oxygen atoms in total. The summed E-state index contributed by atoms with van der Waals surface area (Å²) in [5.41, 5.74) is 3.21. The first kappa shape index (κ1) is 19.2. The molecule has 10 heteroatoms. The Hall–Kier alpha value is -3.53. The highest BCUT2D eigenvalue weighted by Gasteiger charge is 2.49. The molecule has 3 rings (SSSR count). The van der Waals surface area contributed by atoms with Crippen molar-refractivity contribution in [1.82, 2.24) is 15.8 Å². The Morgan fingerprint density at radius 3 is 2.43 bits per heavy atom. The summed E-state index contributed by atoms with van der Waals surface area (Å²) in [6, 6.07) is 12.2. The van der Waals surface area contributed by atoms with E-state index < -0.39 is 22.4 Å². The molecular weight excluding hydrogens is 382 g/mol. The van der Waals surface area contributed by atoms with Gasteiger partial charge in [-0.2, -0.15) is 5.01 Å². The second-order valence-corrected chi connectivity index (χ2v) is 6.79. The number of carbonyl (C=O) groups is 2. The Balaban J connectivity index is 1.76. The van der Waals surface area contributed by atoms with Gasteiger partial charge in [0.1, 0.15) is 5.54 Å². The minimum atomic E-state index is -1.38. The molecule has 1 aliphatic rings. The van der Waals surface area contributed by atoms with Crippen LogP contribution in [-0.4, -0.2) is 27.0 Å². The average molecular weight is 399 g/mol. The number of urea groups is 1. The molecule has 0 spiro atoms. The molecule has 1 fully saturated rings. The van der Waals surface area contributed by atoms with Crippen molar-refractivity contribution in [2.24, 2.45) is 0 Å². The zero-order valence-electron chi connectivity index (χ0n) is 15.1. The molecule has 2 aromatic carbocycles. The molecule has 0 bridgehead atoms. The molecule has 1 aliphatic heterocycles. The molecule has 0 radical (unpaired) electrons. The number of rotatable bonds is 4. The standard InChI is InChI=1S/C18H17N5O4S/c1-11-5-3-4-6-14(11)19-16(28)21-22-15(24)18(2,20-17(22)25)12-7-9-13(10-8-12)23(26)27/h3-10H,1-2H3,(H,20,25)(H2,19,21,28)/t18-/m0/s1. The summed E-state index contributed by atoms with van der Waals surface area (Å²) in [6.07, 6.45) is 0. The lowest BCUT2D eigenvalue weighted by Gasteiger charge is -2.22. The number of non-ortho nitro benzene ring substituents is 1. The number of imide groups is 1. The number of nitro groups is 1. The Morgan fingerprint density at radius 1 is 1.18 bits per heavy atom. The number of para-hydroxylation sites is 1. The number of nitrogens with zero attached hydrogens (tertiary/aromatic N) is 2. The van der Waals surface area contributed by atoms with Crippen LogP contribution in [0, 0.1) is 17.0 Å². The van der Waals surface area contributed by atoms with Gasteiger partial charge < -0.3 is 10.6 Å². The second-order valence-electron chi connectivity index (χ2n) is 6.38. The van der Waals surface area contributed by atoms with Crippen molar-refractivity contribution in [2.75, 3.05) is 5.32 Å². The third-order valence-corrected chi connectivity index (χ3v) is 4.65. The molecule has 144 valence electrons. The van der Waals surface area contributed by atoms with Crippen LogP contribution in [-0.2, 0) is 10.3 Å². The van der Waals surface area contributed by atoms with Crippen molar-refractivity contribution in [2.45, 2.75) is 19.4 Å². The summed E-state index contributed by atoms with van der Waals surface area (Å²) < 4.78 is 0. The lowest BCUT2D eigenvalue weighted by atomic mass is 9.92. The van der Waals surface area contributed by atoms with E-state index in [-0.39, 0.29) is 10.8 Å². The number of nitrogens with one attached hydrogen (secondary N) is 3. The van der Waals surface area contributed by atoms with Crippen molar-refractivity contribution < 1.29 is 14.5 Å². The first-order valence-corrected chi connectivity index (χ1v) is 8.68. The molecule has 2 aromatic rings. The Morgan fingerprint density at radius 2 is 1.82 bits per heavy atom. The summed E-state index contributed by atoms with van der Waals surface area (Å²) in [5, 5.41) is 17.2. The average Bonchev–Trinajstić information content (AvgIpc) is 2.88. The summed E-state index contributed by atoms with van der Waals surface area (Å²) in [4.78, 5) is 35.5. The predicted octanol–water partition coefficient (Wildman–Crippen LogP) is 2.57. The number of hydrazine groups is 1. The number of hydrogen-bond acceptors (Lipinski definition) is 5. The fraction of sp³-hybridized carbons (Fsp3) is 0.167. The van der Waals surface area contributed by atoms with Crippen molar-refractivity contribution in [3.05, 3.63) is 69.8 Å². The summed E-state index contributed by atoms with van der Waals surface area (Å²) in [6.45, 7) is 3.41. The SMILES string of the molecule is Cc1ccccc1NC(=S)NN1C(=O)N[C@@](C)(c2ccc([N+](=O)[O-])cc2)C1=O. The van der Waals surface area contributed by atoms with Crippen LogP contribution in [0.5, 0.6) is 0 Å². The molecule has 1 saturated heterocycles. The number of hydrogen-bond donors (Lipinski definition) is 3. The number of aryl methyl sites for hydroxylation is 1. The van der Waals surface area contributed by atoms with Crippen molar-refractivity contribution in [1.29, 1.82) is 0 Å². The molecule has 3 N–H and O–H groups in total. The van der Waals surface area contributed by atoms with Gasteiger partial charge in [0.25, 0.3) is 11.6 Å². The largest absolute Gasteiger partial charge is 0.344 e. The van der Waals surface area contributed by atoms with E-state index in [1.165, 1.54) is 31.2 Å². The zero-order chi connectivity index (χ0) is 20.5. The van der Waals surface area contributed by atoms with Crippen molar-refractivity contribution in [3.63, 3.8) is 0 Å². The van der Waals surface area contributed by atoms with Gasteiger partial charge in [0.15, 0.2) is 5.11 Å². The first-order chi connectivity index (χ1) is 13.2. The Bertz CT molecular complexity index is 978. The van der Waals surface area contributed by atoms with Gasteiger partial charge in [-0.05, 0) is 55.4 Å². The third kappa shape index (κ3) is 3.49.